The van der Waals surface area contributed by atoms with Crippen molar-refractivity contribution in [3.05, 3.63) is 17.5 Å². The van der Waals surface area contributed by atoms with Gasteiger partial charge in [0.1, 0.15) is 0 Å². The van der Waals surface area contributed by atoms with Gasteiger partial charge in [0, 0.05) is 18.0 Å². The molecule has 0 bridgehead atoms. The standard InChI is InChI=1S/C13H21N5O2/c1-8-7-9(2)15-12(14-8)17-18-13(19)16-10(3)11-5-4-6-20-11/h7,10-11H,4-6H2,1-3H3,(H,14,15,17)(H2,16,18,19). The highest BCUT2D eigenvalue weighted by atomic mass is 16.5. The number of hydrogen-bond acceptors (Lipinski definition) is 5. The summed E-state index contributed by atoms with van der Waals surface area (Å²) in [7, 11) is 0. The molecule has 2 unspecified atom stereocenters. The molecule has 7 heteroatoms. The molecule has 2 amide bonds. The van der Waals surface area contributed by atoms with Gasteiger partial charge in [-0.2, -0.15) is 0 Å². The highest BCUT2D eigenvalue weighted by molar-refractivity contribution is 5.75. The van der Waals surface area contributed by atoms with Crippen LogP contribution in [0.2, 0.25) is 0 Å². The molecule has 0 radical (unpaired) electrons. The second kappa shape index (κ2) is 6.51. The minimum atomic E-state index is -0.323. The predicted molar refractivity (Wildman–Crippen MR) is 75.2 cm³/mol. The Labute approximate surface area is 118 Å². The zero-order valence-corrected chi connectivity index (χ0v) is 12.1. The number of rotatable bonds is 4. The summed E-state index contributed by atoms with van der Waals surface area (Å²) in [4.78, 5) is 20.1. The van der Waals surface area contributed by atoms with Gasteiger partial charge in [0.25, 0.3) is 0 Å². The number of nitrogens with one attached hydrogen (secondary N) is 3. The van der Waals surface area contributed by atoms with Gasteiger partial charge in [-0.25, -0.2) is 20.2 Å². The van der Waals surface area contributed by atoms with Gasteiger partial charge in [0.2, 0.25) is 5.95 Å². The highest BCUT2D eigenvalue weighted by Crippen LogP contribution is 2.15. The number of carbonyl (C=O) groups is 1. The third-order valence-corrected chi connectivity index (χ3v) is 3.15. The molecule has 3 N–H and O–H groups in total. The van der Waals surface area contributed by atoms with Gasteiger partial charge in [0.05, 0.1) is 12.1 Å². The topological polar surface area (TPSA) is 88.2 Å². The molecule has 0 spiro atoms. The van der Waals surface area contributed by atoms with Crippen molar-refractivity contribution in [3.8, 4) is 0 Å². The molecule has 1 aliphatic heterocycles. The predicted octanol–water partition coefficient (Wildman–Crippen LogP) is 1.29. The number of hydrazine groups is 1. The third-order valence-electron chi connectivity index (χ3n) is 3.15. The number of nitrogens with zero attached hydrogens (tertiary/aromatic N) is 2. The molecule has 0 aromatic carbocycles. The molecule has 1 aliphatic rings. The Hall–Kier alpha value is -1.89. The van der Waals surface area contributed by atoms with E-state index in [9.17, 15) is 4.79 Å². The van der Waals surface area contributed by atoms with Crippen LogP contribution in [0.4, 0.5) is 10.7 Å². The summed E-state index contributed by atoms with van der Waals surface area (Å²) in [5.41, 5.74) is 6.91. The number of hydrogen-bond donors (Lipinski definition) is 3. The number of urea groups is 1. The number of amides is 2. The first-order valence-corrected chi connectivity index (χ1v) is 6.81. The van der Waals surface area contributed by atoms with E-state index in [0.29, 0.717) is 5.95 Å². The van der Waals surface area contributed by atoms with Crippen molar-refractivity contribution >= 4 is 12.0 Å². The fourth-order valence-corrected chi connectivity index (χ4v) is 2.23. The van der Waals surface area contributed by atoms with E-state index in [2.05, 4.69) is 26.1 Å². The SMILES string of the molecule is Cc1cc(C)nc(NNC(=O)NC(C)C2CCCO2)n1. The largest absolute Gasteiger partial charge is 0.376 e. The number of aryl methyl sites for hydroxylation is 2. The Kier molecular flexibility index (Phi) is 4.73. The zero-order chi connectivity index (χ0) is 14.5. The Morgan fingerprint density at radius 2 is 2.10 bits per heavy atom. The second-order valence-corrected chi connectivity index (χ2v) is 5.04. The average Bonchev–Trinajstić information content (AvgIpc) is 2.89. The summed E-state index contributed by atoms with van der Waals surface area (Å²) in [6, 6.07) is 1.51. The molecule has 2 rings (SSSR count). The Morgan fingerprint density at radius 1 is 1.40 bits per heavy atom. The summed E-state index contributed by atoms with van der Waals surface area (Å²) < 4.78 is 5.52. The first-order valence-electron chi connectivity index (χ1n) is 6.81. The molecule has 110 valence electrons. The van der Waals surface area contributed by atoms with Crippen LogP contribution in [0, 0.1) is 13.8 Å². The van der Waals surface area contributed by atoms with Crippen molar-refractivity contribution in [3.63, 3.8) is 0 Å². The lowest BCUT2D eigenvalue weighted by molar-refractivity contribution is 0.0861. The van der Waals surface area contributed by atoms with E-state index in [1.807, 2.05) is 26.8 Å². The maximum atomic E-state index is 11.8. The van der Waals surface area contributed by atoms with Gasteiger partial charge >= 0.3 is 6.03 Å². The fourth-order valence-electron chi connectivity index (χ4n) is 2.23. The first kappa shape index (κ1) is 14.5. The summed E-state index contributed by atoms with van der Waals surface area (Å²) >= 11 is 0. The number of ether oxygens (including phenoxy) is 1. The van der Waals surface area contributed by atoms with Crippen molar-refractivity contribution in [2.75, 3.05) is 12.0 Å². The number of aromatic nitrogens is 2. The minimum absolute atomic E-state index is 0.0283. The van der Waals surface area contributed by atoms with Gasteiger partial charge < -0.3 is 10.1 Å². The van der Waals surface area contributed by atoms with E-state index in [4.69, 9.17) is 4.74 Å². The van der Waals surface area contributed by atoms with Gasteiger partial charge in [-0.15, -0.1) is 0 Å². The lowest BCUT2D eigenvalue weighted by Crippen LogP contribution is -2.47. The highest BCUT2D eigenvalue weighted by Gasteiger charge is 2.23. The van der Waals surface area contributed by atoms with Crippen molar-refractivity contribution < 1.29 is 9.53 Å². The third kappa shape index (κ3) is 4.06. The quantitative estimate of drug-likeness (QED) is 0.723. The summed E-state index contributed by atoms with van der Waals surface area (Å²) in [5, 5.41) is 2.83. The van der Waals surface area contributed by atoms with Crippen LogP contribution in [0.5, 0.6) is 0 Å². The van der Waals surface area contributed by atoms with Gasteiger partial charge in [0.15, 0.2) is 0 Å². The zero-order valence-electron chi connectivity index (χ0n) is 12.1. The van der Waals surface area contributed by atoms with E-state index < -0.39 is 0 Å². The van der Waals surface area contributed by atoms with E-state index in [0.717, 1.165) is 30.8 Å². The molecule has 20 heavy (non-hydrogen) atoms. The van der Waals surface area contributed by atoms with E-state index in [1.165, 1.54) is 0 Å². The molecule has 0 aliphatic carbocycles. The molecule has 1 aromatic rings. The van der Waals surface area contributed by atoms with E-state index in [-0.39, 0.29) is 18.2 Å². The fraction of sp³-hybridized carbons (Fsp3) is 0.615. The van der Waals surface area contributed by atoms with E-state index >= 15 is 0 Å². The molecule has 0 saturated carbocycles. The molecular weight excluding hydrogens is 258 g/mol. The van der Waals surface area contributed by atoms with Crippen LogP contribution < -0.4 is 16.2 Å². The van der Waals surface area contributed by atoms with Gasteiger partial charge in [-0.1, -0.05) is 0 Å². The normalized spacial score (nSPS) is 19.4. The van der Waals surface area contributed by atoms with Gasteiger partial charge in [-0.3, -0.25) is 5.43 Å². The average molecular weight is 279 g/mol. The second-order valence-electron chi connectivity index (χ2n) is 5.04. The van der Waals surface area contributed by atoms with Crippen LogP contribution in [0.15, 0.2) is 6.07 Å². The molecule has 2 heterocycles. The van der Waals surface area contributed by atoms with Crippen LogP contribution in [0.25, 0.3) is 0 Å². The molecule has 2 atom stereocenters. The molecular formula is C13H21N5O2. The number of anilines is 1. The minimum Gasteiger partial charge on any atom is -0.376 e. The smallest absolute Gasteiger partial charge is 0.333 e. The summed E-state index contributed by atoms with van der Waals surface area (Å²) in [6.07, 6.45) is 2.13. The van der Waals surface area contributed by atoms with Crippen molar-refractivity contribution in [2.45, 2.75) is 45.8 Å². The lowest BCUT2D eigenvalue weighted by atomic mass is 10.1. The maximum absolute atomic E-state index is 11.8. The van der Waals surface area contributed by atoms with E-state index in [1.54, 1.807) is 0 Å². The lowest BCUT2D eigenvalue weighted by Gasteiger charge is -2.20. The van der Waals surface area contributed by atoms with Crippen molar-refractivity contribution in [2.24, 2.45) is 0 Å². The summed E-state index contributed by atoms with van der Waals surface area (Å²) in [6.45, 7) is 6.45. The molecule has 7 nitrogen and oxygen atoms in total. The van der Waals surface area contributed by atoms with Crippen molar-refractivity contribution in [1.29, 1.82) is 0 Å². The number of carbonyl (C=O) groups excluding carboxylic acids is 1. The maximum Gasteiger partial charge on any atom is 0.333 e. The van der Waals surface area contributed by atoms with Crippen LogP contribution in [-0.2, 0) is 4.74 Å². The van der Waals surface area contributed by atoms with Crippen LogP contribution in [0.3, 0.4) is 0 Å². The molecule has 1 saturated heterocycles. The molecule has 1 fully saturated rings. The van der Waals surface area contributed by atoms with Gasteiger partial charge in [-0.05, 0) is 39.7 Å². The monoisotopic (exact) mass is 279 g/mol. The first-order chi connectivity index (χ1) is 9.54. The Bertz CT molecular complexity index is 454. The van der Waals surface area contributed by atoms with Crippen LogP contribution in [0.1, 0.15) is 31.2 Å². The summed E-state index contributed by atoms with van der Waals surface area (Å²) in [5.74, 6) is 0.377. The van der Waals surface area contributed by atoms with Crippen LogP contribution in [-0.4, -0.2) is 34.8 Å². The van der Waals surface area contributed by atoms with Crippen LogP contribution >= 0.6 is 0 Å². The Morgan fingerprint density at radius 3 is 2.70 bits per heavy atom. The molecule has 1 aromatic heterocycles. The Balaban J connectivity index is 1.79. The van der Waals surface area contributed by atoms with Crippen molar-refractivity contribution in [1.82, 2.24) is 20.7 Å².